The summed E-state index contributed by atoms with van der Waals surface area (Å²) in [5.74, 6) is 0. The third kappa shape index (κ3) is 5.62. The van der Waals surface area contributed by atoms with Crippen LogP contribution in [0.2, 0.25) is 0 Å². The molecule has 4 heteroatoms. The van der Waals surface area contributed by atoms with Crippen molar-refractivity contribution in [2.45, 2.75) is 32.0 Å². The van der Waals surface area contributed by atoms with Crippen molar-refractivity contribution >= 4 is 0 Å². The molecule has 0 amide bonds. The van der Waals surface area contributed by atoms with E-state index < -0.39 is 18.6 Å². The maximum atomic E-state index is 11.4. The zero-order valence-electron chi connectivity index (χ0n) is 5.20. The predicted molar refractivity (Wildman–Crippen MR) is 28.9 cm³/mol. The summed E-state index contributed by atoms with van der Waals surface area (Å²) < 4.78 is 34.2. The lowest BCUT2D eigenvalue weighted by Gasteiger charge is -2.10. The van der Waals surface area contributed by atoms with Gasteiger partial charge < -0.3 is 5.73 Å². The molecule has 0 bridgehead atoms. The molecule has 0 heterocycles. The Hall–Kier alpha value is -0.250. The van der Waals surface area contributed by atoms with E-state index >= 15 is 0 Å². The standard InChI is InChI=1S/C5H10F3N/c1-2-4(9)3-5(6,7)8/h4H,2-3,9H2,1H3/t4-/m0/s1. The maximum Gasteiger partial charge on any atom is 0.390 e. The average molecular weight is 141 g/mol. The topological polar surface area (TPSA) is 26.0 Å². The van der Waals surface area contributed by atoms with Gasteiger partial charge in [-0.15, -0.1) is 0 Å². The average Bonchev–Trinajstić information content (AvgIpc) is 1.62. The normalized spacial score (nSPS) is 15.7. The molecule has 0 aromatic heterocycles. The molecular formula is C5H10F3N. The van der Waals surface area contributed by atoms with Crippen LogP contribution < -0.4 is 5.73 Å². The maximum absolute atomic E-state index is 11.4. The lowest BCUT2D eigenvalue weighted by Crippen LogP contribution is -2.26. The number of nitrogens with two attached hydrogens (primary N) is 1. The van der Waals surface area contributed by atoms with E-state index in [2.05, 4.69) is 0 Å². The van der Waals surface area contributed by atoms with E-state index in [1.54, 1.807) is 6.92 Å². The Bertz CT molecular complexity index is 78.8. The van der Waals surface area contributed by atoms with E-state index in [4.69, 9.17) is 5.73 Å². The van der Waals surface area contributed by atoms with E-state index in [0.29, 0.717) is 6.42 Å². The third-order valence-electron chi connectivity index (χ3n) is 1.02. The van der Waals surface area contributed by atoms with Crippen LogP contribution in [-0.2, 0) is 0 Å². The van der Waals surface area contributed by atoms with Crippen LogP contribution in [-0.4, -0.2) is 12.2 Å². The first-order valence-corrected chi connectivity index (χ1v) is 2.78. The molecule has 1 atom stereocenters. The Morgan fingerprint density at radius 3 is 2.00 bits per heavy atom. The summed E-state index contributed by atoms with van der Waals surface area (Å²) in [6.07, 6.45) is -4.60. The number of hydrogen-bond donors (Lipinski definition) is 1. The number of hydrogen-bond acceptors (Lipinski definition) is 1. The molecule has 0 saturated carbocycles. The molecule has 0 unspecified atom stereocenters. The Morgan fingerprint density at radius 1 is 1.44 bits per heavy atom. The second-order valence-electron chi connectivity index (χ2n) is 1.99. The van der Waals surface area contributed by atoms with Crippen molar-refractivity contribution in [1.29, 1.82) is 0 Å². The van der Waals surface area contributed by atoms with Crippen LogP contribution in [0.5, 0.6) is 0 Å². The van der Waals surface area contributed by atoms with E-state index in [0.717, 1.165) is 0 Å². The molecule has 56 valence electrons. The van der Waals surface area contributed by atoms with Crippen LogP contribution in [0, 0.1) is 0 Å². The minimum absolute atomic E-state index is 0.375. The van der Waals surface area contributed by atoms with Crippen molar-refractivity contribution in [3.63, 3.8) is 0 Å². The summed E-state index contributed by atoms with van der Waals surface area (Å²) in [6.45, 7) is 1.64. The highest BCUT2D eigenvalue weighted by atomic mass is 19.4. The van der Waals surface area contributed by atoms with Gasteiger partial charge in [0.05, 0.1) is 6.42 Å². The van der Waals surface area contributed by atoms with Crippen molar-refractivity contribution in [3.05, 3.63) is 0 Å². The molecule has 0 aliphatic heterocycles. The first kappa shape index (κ1) is 8.75. The van der Waals surface area contributed by atoms with Gasteiger partial charge in [0.1, 0.15) is 0 Å². The highest BCUT2D eigenvalue weighted by molar-refractivity contribution is 4.63. The molecule has 0 aromatic rings. The molecule has 0 radical (unpaired) electrons. The molecular weight excluding hydrogens is 131 g/mol. The molecule has 0 spiro atoms. The van der Waals surface area contributed by atoms with E-state index in [-0.39, 0.29) is 0 Å². The molecule has 0 aromatic carbocycles. The van der Waals surface area contributed by atoms with Gasteiger partial charge in [-0.2, -0.15) is 13.2 Å². The molecule has 0 aliphatic rings. The molecule has 0 rings (SSSR count). The zero-order chi connectivity index (χ0) is 7.49. The summed E-state index contributed by atoms with van der Waals surface area (Å²) in [5, 5.41) is 0. The van der Waals surface area contributed by atoms with Gasteiger partial charge in [0.25, 0.3) is 0 Å². The van der Waals surface area contributed by atoms with Gasteiger partial charge in [0.2, 0.25) is 0 Å². The third-order valence-corrected chi connectivity index (χ3v) is 1.02. The summed E-state index contributed by atoms with van der Waals surface area (Å²) in [7, 11) is 0. The molecule has 1 nitrogen and oxygen atoms in total. The SMILES string of the molecule is CC[C@H](N)CC(F)(F)F. The minimum atomic E-state index is -4.10. The monoisotopic (exact) mass is 141 g/mol. The molecule has 2 N–H and O–H groups in total. The second kappa shape index (κ2) is 3.06. The van der Waals surface area contributed by atoms with Crippen molar-refractivity contribution in [3.8, 4) is 0 Å². The minimum Gasteiger partial charge on any atom is -0.327 e. The first-order chi connectivity index (χ1) is 3.95. The van der Waals surface area contributed by atoms with Gasteiger partial charge in [-0.1, -0.05) is 6.92 Å². The number of rotatable bonds is 2. The van der Waals surface area contributed by atoms with E-state index in [1.807, 2.05) is 0 Å². The summed E-state index contributed by atoms with van der Waals surface area (Å²) >= 11 is 0. The van der Waals surface area contributed by atoms with Crippen molar-refractivity contribution in [2.24, 2.45) is 5.73 Å². The zero-order valence-corrected chi connectivity index (χ0v) is 5.20. The molecule has 0 aliphatic carbocycles. The highest BCUT2D eigenvalue weighted by Gasteiger charge is 2.29. The van der Waals surface area contributed by atoms with Crippen LogP contribution >= 0.6 is 0 Å². The van der Waals surface area contributed by atoms with E-state index in [9.17, 15) is 13.2 Å². The van der Waals surface area contributed by atoms with Crippen molar-refractivity contribution in [1.82, 2.24) is 0 Å². The molecule has 0 fully saturated rings. The van der Waals surface area contributed by atoms with Crippen LogP contribution in [0.3, 0.4) is 0 Å². The largest absolute Gasteiger partial charge is 0.390 e. The lowest BCUT2D eigenvalue weighted by atomic mass is 10.2. The fraction of sp³-hybridized carbons (Fsp3) is 1.00. The number of alkyl halides is 3. The fourth-order valence-corrected chi connectivity index (χ4v) is 0.442. The Kier molecular flexibility index (Phi) is 2.97. The van der Waals surface area contributed by atoms with Gasteiger partial charge in [0.15, 0.2) is 0 Å². The van der Waals surface area contributed by atoms with Gasteiger partial charge in [0, 0.05) is 6.04 Å². The highest BCUT2D eigenvalue weighted by Crippen LogP contribution is 2.21. The Labute approximate surface area is 52.0 Å². The van der Waals surface area contributed by atoms with E-state index in [1.165, 1.54) is 0 Å². The summed E-state index contributed by atoms with van der Waals surface area (Å²) in [4.78, 5) is 0. The molecule has 9 heavy (non-hydrogen) atoms. The van der Waals surface area contributed by atoms with Gasteiger partial charge in [-0.3, -0.25) is 0 Å². The summed E-state index contributed by atoms with van der Waals surface area (Å²) in [6, 6.07) is -0.731. The van der Waals surface area contributed by atoms with Crippen LogP contribution in [0.4, 0.5) is 13.2 Å². The van der Waals surface area contributed by atoms with Gasteiger partial charge in [-0.05, 0) is 6.42 Å². The smallest absolute Gasteiger partial charge is 0.327 e. The predicted octanol–water partition coefficient (Wildman–Crippen LogP) is 1.68. The van der Waals surface area contributed by atoms with Crippen LogP contribution in [0.15, 0.2) is 0 Å². The lowest BCUT2D eigenvalue weighted by molar-refractivity contribution is -0.138. The van der Waals surface area contributed by atoms with Crippen LogP contribution in [0.25, 0.3) is 0 Å². The Balaban J connectivity index is 3.47. The molecule has 0 saturated heterocycles. The second-order valence-corrected chi connectivity index (χ2v) is 1.99. The quantitative estimate of drug-likeness (QED) is 0.622. The Morgan fingerprint density at radius 2 is 1.89 bits per heavy atom. The van der Waals surface area contributed by atoms with Crippen molar-refractivity contribution < 1.29 is 13.2 Å². The van der Waals surface area contributed by atoms with Crippen molar-refractivity contribution in [2.75, 3.05) is 0 Å². The first-order valence-electron chi connectivity index (χ1n) is 2.78. The summed E-state index contributed by atoms with van der Waals surface area (Å²) in [5.41, 5.74) is 5.04. The van der Waals surface area contributed by atoms with Crippen LogP contribution in [0.1, 0.15) is 19.8 Å². The van der Waals surface area contributed by atoms with Gasteiger partial charge in [-0.25, -0.2) is 0 Å². The van der Waals surface area contributed by atoms with Gasteiger partial charge >= 0.3 is 6.18 Å². The number of halogens is 3. The fourth-order valence-electron chi connectivity index (χ4n) is 0.442.